The van der Waals surface area contributed by atoms with Crippen molar-refractivity contribution < 1.29 is 22.0 Å². The molecule has 1 fully saturated rings. The van der Waals surface area contributed by atoms with Crippen LogP contribution in [0.1, 0.15) is 18.6 Å². The van der Waals surface area contributed by atoms with E-state index in [2.05, 4.69) is 4.98 Å². The summed E-state index contributed by atoms with van der Waals surface area (Å²) in [4.78, 5) is 13.9. The van der Waals surface area contributed by atoms with Gasteiger partial charge in [-0.3, -0.25) is 4.98 Å². The number of hydrogen-bond donors (Lipinski definition) is 1. The molecule has 3 heterocycles. The van der Waals surface area contributed by atoms with Gasteiger partial charge in [-0.25, -0.2) is 13.2 Å². The first-order valence-electron chi connectivity index (χ1n) is 8.29. The number of nitrogens with one attached hydrogen (secondary N) is 1. The Labute approximate surface area is 149 Å². The third kappa shape index (κ3) is 3.33. The first-order valence-corrected chi connectivity index (χ1v) is 9.73. The number of H-pyrrole nitrogens is 1. The molecule has 3 aromatic rings. The van der Waals surface area contributed by atoms with Gasteiger partial charge in [0, 0.05) is 19.2 Å². The minimum atomic E-state index is -3.83. The molecule has 0 amide bonds. The molecular weight excluding hydrogens is 360 g/mol. The standard InChI is InChI=1S/C17H18N2O6S/c20-17-18-15-6-5-14(9-16(15)25-17)26(21,22)19(10-12-3-1-7-23-12)11-13-4-2-8-24-13/h1,3,5-7,9,13H,2,4,8,10-11H2,(H,18,20). The summed E-state index contributed by atoms with van der Waals surface area (Å²) in [6, 6.07) is 7.77. The van der Waals surface area contributed by atoms with Gasteiger partial charge in [0.05, 0.1) is 29.3 Å². The maximum absolute atomic E-state index is 13.2. The molecule has 1 aliphatic heterocycles. The van der Waals surface area contributed by atoms with Crippen molar-refractivity contribution in [2.75, 3.05) is 13.2 Å². The molecule has 0 aliphatic carbocycles. The van der Waals surface area contributed by atoms with Gasteiger partial charge in [0.2, 0.25) is 10.0 Å². The first kappa shape index (κ1) is 17.1. The second kappa shape index (κ2) is 6.75. The van der Waals surface area contributed by atoms with Crippen LogP contribution in [0.2, 0.25) is 0 Å². The lowest BCUT2D eigenvalue weighted by atomic mass is 10.2. The highest BCUT2D eigenvalue weighted by molar-refractivity contribution is 7.89. The predicted molar refractivity (Wildman–Crippen MR) is 92.1 cm³/mol. The quantitative estimate of drug-likeness (QED) is 0.704. The van der Waals surface area contributed by atoms with Crippen LogP contribution in [0.5, 0.6) is 0 Å². The Morgan fingerprint density at radius 1 is 1.27 bits per heavy atom. The molecule has 0 saturated carbocycles. The van der Waals surface area contributed by atoms with Crippen LogP contribution in [-0.4, -0.2) is 37.0 Å². The molecule has 0 bridgehead atoms. The number of hydrogen-bond acceptors (Lipinski definition) is 6. The van der Waals surface area contributed by atoms with Gasteiger partial charge < -0.3 is 13.6 Å². The van der Waals surface area contributed by atoms with Crippen molar-refractivity contribution in [3.05, 3.63) is 52.9 Å². The van der Waals surface area contributed by atoms with E-state index in [9.17, 15) is 13.2 Å². The molecule has 2 aromatic heterocycles. The van der Waals surface area contributed by atoms with Crippen LogP contribution in [0.4, 0.5) is 0 Å². The summed E-state index contributed by atoms with van der Waals surface area (Å²) < 4.78 is 43.6. The fourth-order valence-electron chi connectivity index (χ4n) is 3.07. The maximum atomic E-state index is 13.2. The molecule has 4 rings (SSSR count). The lowest BCUT2D eigenvalue weighted by Crippen LogP contribution is -2.36. The zero-order valence-corrected chi connectivity index (χ0v) is 14.7. The predicted octanol–water partition coefficient (Wildman–Crippen LogP) is 2.08. The molecular formula is C17H18N2O6S. The normalized spacial score (nSPS) is 18.1. The summed E-state index contributed by atoms with van der Waals surface area (Å²) in [5.41, 5.74) is 0.650. The highest BCUT2D eigenvalue weighted by Crippen LogP contribution is 2.24. The van der Waals surface area contributed by atoms with E-state index in [-0.39, 0.29) is 29.7 Å². The number of sulfonamides is 1. The van der Waals surface area contributed by atoms with E-state index in [1.807, 2.05) is 0 Å². The number of benzene rings is 1. The Bertz CT molecular complexity index is 1040. The minimum absolute atomic E-state index is 0.0531. The van der Waals surface area contributed by atoms with Gasteiger partial charge in [0.1, 0.15) is 5.76 Å². The zero-order valence-electron chi connectivity index (χ0n) is 13.9. The highest BCUT2D eigenvalue weighted by atomic mass is 32.2. The molecule has 1 saturated heterocycles. The number of aromatic amines is 1. The van der Waals surface area contributed by atoms with Crippen LogP contribution < -0.4 is 5.76 Å². The second-order valence-electron chi connectivity index (χ2n) is 6.18. The topological polar surface area (TPSA) is 106 Å². The number of furan rings is 1. The minimum Gasteiger partial charge on any atom is -0.468 e. The Morgan fingerprint density at radius 2 is 2.15 bits per heavy atom. The van der Waals surface area contributed by atoms with Crippen molar-refractivity contribution in [2.45, 2.75) is 30.4 Å². The van der Waals surface area contributed by atoms with E-state index in [1.54, 1.807) is 12.1 Å². The Balaban J connectivity index is 1.69. The van der Waals surface area contributed by atoms with Gasteiger partial charge in [-0.15, -0.1) is 0 Å². The largest absolute Gasteiger partial charge is 0.468 e. The van der Waals surface area contributed by atoms with Crippen LogP contribution in [0.3, 0.4) is 0 Å². The molecule has 8 nitrogen and oxygen atoms in total. The average molecular weight is 378 g/mol. The molecule has 26 heavy (non-hydrogen) atoms. The highest BCUT2D eigenvalue weighted by Gasteiger charge is 2.30. The van der Waals surface area contributed by atoms with E-state index < -0.39 is 15.8 Å². The van der Waals surface area contributed by atoms with Gasteiger partial charge in [0.25, 0.3) is 0 Å². The number of oxazole rings is 1. The van der Waals surface area contributed by atoms with Crippen molar-refractivity contribution in [3.63, 3.8) is 0 Å². The smallest absolute Gasteiger partial charge is 0.417 e. The Morgan fingerprint density at radius 3 is 2.88 bits per heavy atom. The summed E-state index contributed by atoms with van der Waals surface area (Å²) >= 11 is 0. The van der Waals surface area contributed by atoms with Crippen LogP contribution in [0.15, 0.2) is 55.1 Å². The summed E-state index contributed by atoms with van der Waals surface area (Å²) in [5, 5.41) is 0. The van der Waals surface area contributed by atoms with Gasteiger partial charge in [-0.05, 0) is 37.1 Å². The van der Waals surface area contributed by atoms with Gasteiger partial charge in [-0.1, -0.05) is 0 Å². The number of aromatic nitrogens is 1. The van der Waals surface area contributed by atoms with Gasteiger partial charge in [0.15, 0.2) is 5.58 Å². The lowest BCUT2D eigenvalue weighted by molar-refractivity contribution is 0.0914. The number of rotatable bonds is 6. The Kier molecular flexibility index (Phi) is 4.43. The molecule has 1 atom stereocenters. The summed E-state index contributed by atoms with van der Waals surface area (Å²) in [6.45, 7) is 0.974. The van der Waals surface area contributed by atoms with Crippen molar-refractivity contribution in [1.82, 2.24) is 9.29 Å². The molecule has 0 spiro atoms. The van der Waals surface area contributed by atoms with Crippen LogP contribution >= 0.6 is 0 Å². The van der Waals surface area contributed by atoms with E-state index in [1.165, 1.54) is 28.8 Å². The van der Waals surface area contributed by atoms with Crippen LogP contribution in [0.25, 0.3) is 11.1 Å². The monoisotopic (exact) mass is 378 g/mol. The third-order valence-corrected chi connectivity index (χ3v) is 6.18. The molecule has 1 unspecified atom stereocenters. The second-order valence-corrected chi connectivity index (χ2v) is 8.12. The number of ether oxygens (including phenoxy) is 1. The molecule has 1 N–H and O–H groups in total. The maximum Gasteiger partial charge on any atom is 0.417 e. The van der Waals surface area contributed by atoms with Crippen molar-refractivity contribution >= 4 is 21.1 Å². The van der Waals surface area contributed by atoms with Gasteiger partial charge >= 0.3 is 5.76 Å². The summed E-state index contributed by atoms with van der Waals surface area (Å²) in [6.07, 6.45) is 3.09. The molecule has 0 radical (unpaired) electrons. The van der Waals surface area contributed by atoms with E-state index in [4.69, 9.17) is 13.6 Å². The zero-order chi connectivity index (χ0) is 18.1. The van der Waals surface area contributed by atoms with E-state index in [0.717, 1.165) is 12.8 Å². The van der Waals surface area contributed by atoms with Gasteiger partial charge in [-0.2, -0.15) is 4.31 Å². The fraction of sp³-hybridized carbons (Fsp3) is 0.353. The lowest BCUT2D eigenvalue weighted by Gasteiger charge is -2.24. The first-order chi connectivity index (χ1) is 12.5. The van der Waals surface area contributed by atoms with Crippen molar-refractivity contribution in [2.24, 2.45) is 0 Å². The van der Waals surface area contributed by atoms with Crippen molar-refractivity contribution in [1.29, 1.82) is 0 Å². The molecule has 1 aliphatic rings. The Hall–Kier alpha value is -2.36. The summed E-state index contributed by atoms with van der Waals surface area (Å²) in [7, 11) is -3.83. The van der Waals surface area contributed by atoms with E-state index >= 15 is 0 Å². The fourth-order valence-corrected chi connectivity index (χ4v) is 4.53. The van der Waals surface area contributed by atoms with Crippen LogP contribution in [0, 0.1) is 0 Å². The number of nitrogens with zero attached hydrogens (tertiary/aromatic N) is 1. The average Bonchev–Trinajstić information content (AvgIpc) is 3.34. The summed E-state index contributed by atoms with van der Waals surface area (Å²) in [5.74, 6) is -0.0813. The van der Waals surface area contributed by atoms with Crippen LogP contribution in [-0.2, 0) is 21.3 Å². The SMILES string of the molecule is O=c1[nH]c2ccc(S(=O)(=O)N(Cc3ccco3)CC3CCCO3)cc2o1. The molecule has 1 aromatic carbocycles. The van der Waals surface area contributed by atoms with E-state index in [0.29, 0.717) is 17.9 Å². The number of fused-ring (bicyclic) bond motifs is 1. The van der Waals surface area contributed by atoms with Crippen molar-refractivity contribution in [3.8, 4) is 0 Å². The molecule has 138 valence electrons. The third-order valence-electron chi connectivity index (χ3n) is 4.37. The molecule has 9 heteroatoms.